The number of fused-ring (bicyclic) bond motifs is 1. The molecule has 0 fully saturated rings. The minimum absolute atomic E-state index is 0.190. The molecule has 0 aliphatic rings. The summed E-state index contributed by atoms with van der Waals surface area (Å²) in [5, 5.41) is 9.36. The molecule has 0 aliphatic carbocycles. The van der Waals surface area contributed by atoms with E-state index >= 15 is 0 Å². The Morgan fingerprint density at radius 3 is 2.95 bits per heavy atom. The van der Waals surface area contributed by atoms with E-state index in [2.05, 4.69) is 20.9 Å². The number of aromatic hydroxyl groups is 1. The van der Waals surface area contributed by atoms with Gasteiger partial charge in [-0.05, 0) is 40.2 Å². The average Bonchev–Trinajstić information content (AvgIpc) is 2.81. The van der Waals surface area contributed by atoms with E-state index in [9.17, 15) is 5.11 Å². The van der Waals surface area contributed by atoms with Crippen molar-refractivity contribution >= 4 is 21.6 Å². The number of phenols is 1. The van der Waals surface area contributed by atoms with Crippen LogP contribution in [0.4, 0.5) is 0 Å². The molecule has 1 aromatic carbocycles. The Kier molecular flexibility index (Phi) is 3.13. The lowest BCUT2D eigenvalue weighted by molar-refractivity contribution is 0.300. The maximum atomic E-state index is 9.36. The molecule has 3 aromatic rings. The number of halogens is 1. The molecule has 0 atom stereocenters. The molecular weight excluding hydrogens is 308 g/mol. The molecule has 0 spiro atoms. The highest BCUT2D eigenvalue weighted by Crippen LogP contribution is 2.20. The minimum atomic E-state index is 0.190. The van der Waals surface area contributed by atoms with Gasteiger partial charge >= 0.3 is 0 Å². The second-order valence-electron chi connectivity index (χ2n) is 4.11. The van der Waals surface area contributed by atoms with Crippen molar-refractivity contribution in [2.75, 3.05) is 0 Å². The molecule has 0 saturated carbocycles. The molecule has 1 N–H and O–H groups in total. The van der Waals surface area contributed by atoms with E-state index in [-0.39, 0.29) is 5.75 Å². The Hall–Kier alpha value is -2.01. The molecule has 2 aromatic heterocycles. The third-order valence-corrected chi connectivity index (χ3v) is 3.31. The first kappa shape index (κ1) is 12.0. The maximum absolute atomic E-state index is 9.36. The van der Waals surface area contributed by atoms with E-state index in [1.807, 2.05) is 28.9 Å². The van der Waals surface area contributed by atoms with Crippen LogP contribution in [0.15, 0.2) is 53.3 Å². The Morgan fingerprint density at radius 1 is 1.26 bits per heavy atom. The quantitative estimate of drug-likeness (QED) is 0.805. The summed E-state index contributed by atoms with van der Waals surface area (Å²) in [4.78, 5) is 4.48. The third kappa shape index (κ3) is 2.56. The van der Waals surface area contributed by atoms with Gasteiger partial charge in [-0.3, -0.25) is 0 Å². The molecule has 0 bridgehead atoms. The minimum Gasteiger partial charge on any atom is -0.508 e. The number of benzene rings is 1. The Labute approximate surface area is 118 Å². The molecular formula is C14H11BrN2O2. The second kappa shape index (κ2) is 4.93. The van der Waals surface area contributed by atoms with Crippen molar-refractivity contribution in [2.24, 2.45) is 0 Å². The highest BCUT2D eigenvalue weighted by atomic mass is 79.9. The SMILES string of the molecule is Oc1cccc(OCc2cn3cccc(Br)c3n2)c1. The lowest BCUT2D eigenvalue weighted by Gasteiger charge is -2.03. The van der Waals surface area contributed by atoms with Gasteiger partial charge in [0, 0.05) is 18.5 Å². The van der Waals surface area contributed by atoms with Crippen molar-refractivity contribution in [1.82, 2.24) is 9.38 Å². The zero-order valence-corrected chi connectivity index (χ0v) is 11.5. The molecule has 0 aliphatic heterocycles. The number of rotatable bonds is 3. The number of hydrogen-bond acceptors (Lipinski definition) is 3. The standard InChI is InChI=1S/C14H11BrN2O2/c15-13-5-2-6-17-8-10(16-14(13)17)9-19-12-4-1-3-11(18)7-12/h1-8,18H,9H2. The van der Waals surface area contributed by atoms with Gasteiger partial charge in [0.05, 0.1) is 10.2 Å². The zero-order chi connectivity index (χ0) is 13.2. The Morgan fingerprint density at radius 2 is 2.16 bits per heavy atom. The Bertz CT molecular complexity index is 724. The predicted molar refractivity (Wildman–Crippen MR) is 75.3 cm³/mol. The van der Waals surface area contributed by atoms with Gasteiger partial charge in [-0.2, -0.15) is 0 Å². The molecule has 4 nitrogen and oxygen atoms in total. The monoisotopic (exact) mass is 318 g/mol. The van der Waals surface area contributed by atoms with Crippen molar-refractivity contribution in [3.63, 3.8) is 0 Å². The summed E-state index contributed by atoms with van der Waals surface area (Å²) in [6.07, 6.45) is 3.85. The highest BCUT2D eigenvalue weighted by molar-refractivity contribution is 9.10. The molecule has 0 saturated heterocycles. The van der Waals surface area contributed by atoms with Gasteiger partial charge in [0.15, 0.2) is 5.65 Å². The molecule has 2 heterocycles. The van der Waals surface area contributed by atoms with Crippen molar-refractivity contribution in [3.8, 4) is 11.5 Å². The number of pyridine rings is 1. The topological polar surface area (TPSA) is 46.8 Å². The summed E-state index contributed by atoms with van der Waals surface area (Å²) in [6.45, 7) is 0.359. The van der Waals surface area contributed by atoms with Crippen LogP contribution in [0.1, 0.15) is 5.69 Å². The number of ether oxygens (including phenoxy) is 1. The van der Waals surface area contributed by atoms with Crippen molar-refractivity contribution in [2.45, 2.75) is 6.61 Å². The summed E-state index contributed by atoms with van der Waals surface area (Å²) < 4.78 is 8.47. The lowest BCUT2D eigenvalue weighted by Crippen LogP contribution is -1.95. The number of imidazole rings is 1. The van der Waals surface area contributed by atoms with Crippen LogP contribution in [0.3, 0.4) is 0 Å². The van der Waals surface area contributed by atoms with E-state index in [0.717, 1.165) is 15.8 Å². The second-order valence-corrected chi connectivity index (χ2v) is 4.96. The summed E-state index contributed by atoms with van der Waals surface area (Å²) in [5.74, 6) is 0.811. The van der Waals surface area contributed by atoms with Crippen molar-refractivity contribution in [3.05, 3.63) is 59.0 Å². The van der Waals surface area contributed by atoms with Gasteiger partial charge in [-0.15, -0.1) is 0 Å². The van der Waals surface area contributed by atoms with Crippen LogP contribution < -0.4 is 4.74 Å². The molecule has 3 rings (SSSR count). The van der Waals surface area contributed by atoms with Gasteiger partial charge in [-0.25, -0.2) is 4.98 Å². The van der Waals surface area contributed by atoms with Gasteiger partial charge in [0.25, 0.3) is 0 Å². The number of aromatic nitrogens is 2. The first-order valence-electron chi connectivity index (χ1n) is 5.76. The summed E-state index contributed by atoms with van der Waals surface area (Å²) >= 11 is 3.46. The van der Waals surface area contributed by atoms with Crippen LogP contribution in [0.2, 0.25) is 0 Å². The lowest BCUT2D eigenvalue weighted by atomic mass is 10.3. The normalized spacial score (nSPS) is 10.8. The number of hydrogen-bond donors (Lipinski definition) is 1. The predicted octanol–water partition coefficient (Wildman–Crippen LogP) is 3.38. The largest absolute Gasteiger partial charge is 0.508 e. The molecule has 96 valence electrons. The summed E-state index contributed by atoms with van der Waals surface area (Å²) in [7, 11) is 0. The molecule has 5 heteroatoms. The number of phenolic OH excluding ortho intramolecular Hbond substituents is 1. The summed E-state index contributed by atoms with van der Waals surface area (Å²) in [6, 6.07) is 10.6. The smallest absolute Gasteiger partial charge is 0.151 e. The zero-order valence-electron chi connectivity index (χ0n) is 9.95. The van der Waals surface area contributed by atoms with Crippen LogP contribution in [0, 0.1) is 0 Å². The van der Waals surface area contributed by atoms with E-state index in [1.54, 1.807) is 24.3 Å². The van der Waals surface area contributed by atoms with Crippen LogP contribution >= 0.6 is 15.9 Å². The van der Waals surface area contributed by atoms with Crippen molar-refractivity contribution in [1.29, 1.82) is 0 Å². The molecule has 0 amide bonds. The fourth-order valence-corrected chi connectivity index (χ4v) is 2.28. The summed E-state index contributed by atoms with van der Waals surface area (Å²) in [5.41, 5.74) is 1.69. The Balaban J connectivity index is 1.80. The van der Waals surface area contributed by atoms with Gasteiger partial charge in [0.2, 0.25) is 0 Å². The van der Waals surface area contributed by atoms with Crippen LogP contribution in [0.5, 0.6) is 11.5 Å². The molecule has 0 radical (unpaired) electrons. The third-order valence-electron chi connectivity index (χ3n) is 2.69. The number of nitrogens with zero attached hydrogens (tertiary/aromatic N) is 2. The van der Waals surface area contributed by atoms with E-state index < -0.39 is 0 Å². The molecule has 0 unspecified atom stereocenters. The van der Waals surface area contributed by atoms with Gasteiger partial charge in [-0.1, -0.05) is 6.07 Å². The first-order chi connectivity index (χ1) is 9.22. The van der Waals surface area contributed by atoms with Gasteiger partial charge in [0.1, 0.15) is 18.1 Å². The van der Waals surface area contributed by atoms with Crippen molar-refractivity contribution < 1.29 is 9.84 Å². The van der Waals surface area contributed by atoms with Gasteiger partial charge < -0.3 is 14.2 Å². The highest BCUT2D eigenvalue weighted by Gasteiger charge is 2.05. The fraction of sp³-hybridized carbons (Fsp3) is 0.0714. The van der Waals surface area contributed by atoms with Crippen LogP contribution in [0.25, 0.3) is 5.65 Å². The van der Waals surface area contributed by atoms with Crippen LogP contribution in [-0.2, 0) is 6.61 Å². The van der Waals surface area contributed by atoms with E-state index in [0.29, 0.717) is 12.4 Å². The average molecular weight is 319 g/mol. The molecule has 19 heavy (non-hydrogen) atoms. The maximum Gasteiger partial charge on any atom is 0.151 e. The van der Waals surface area contributed by atoms with Crippen LogP contribution in [-0.4, -0.2) is 14.5 Å². The van der Waals surface area contributed by atoms with E-state index in [4.69, 9.17) is 4.74 Å². The fourth-order valence-electron chi connectivity index (χ4n) is 1.83. The first-order valence-corrected chi connectivity index (χ1v) is 6.55. The van der Waals surface area contributed by atoms with E-state index in [1.165, 1.54) is 0 Å².